The van der Waals surface area contributed by atoms with Crippen LogP contribution in [0.15, 0.2) is 18.2 Å². The highest BCUT2D eigenvalue weighted by Crippen LogP contribution is 2.30. The second kappa shape index (κ2) is 9.05. The Labute approximate surface area is 136 Å². The van der Waals surface area contributed by atoms with Gasteiger partial charge in [-0.15, -0.1) is 0 Å². The highest BCUT2D eigenvalue weighted by molar-refractivity contribution is 14.1. The average molecular weight is 392 g/mol. The minimum absolute atomic E-state index is 0.359. The third-order valence-corrected chi connectivity index (χ3v) is 2.67. The molecule has 114 valence electrons. The second-order valence-electron chi connectivity index (χ2n) is 5.03. The average Bonchev–Trinajstić information content (AvgIpc) is 2.40. The van der Waals surface area contributed by atoms with Gasteiger partial charge in [-0.1, -0.05) is 36.4 Å². The van der Waals surface area contributed by atoms with Gasteiger partial charge in [0.05, 0.1) is 0 Å². The summed E-state index contributed by atoms with van der Waals surface area (Å²) < 4.78 is 5.27. The fourth-order valence-corrected chi connectivity index (χ4v) is 1.66. The zero-order chi connectivity index (χ0) is 15.9. The summed E-state index contributed by atoms with van der Waals surface area (Å²) in [7, 11) is 7.35. The fraction of sp³-hybridized carbons (Fsp3) is 0.533. The highest BCUT2D eigenvalue weighted by Gasteiger charge is 2.12. The summed E-state index contributed by atoms with van der Waals surface area (Å²) in [4.78, 5) is 16.9. The number of carbonyl (C=O) groups excluding carboxylic acids is 1. The number of amides is 1. The molecule has 0 aromatic heterocycles. The first kappa shape index (κ1) is 19.0. The van der Waals surface area contributed by atoms with Crippen LogP contribution in [0.2, 0.25) is 0 Å². The number of alkyl halides is 1. The first-order valence-corrected chi connectivity index (χ1v) is 8.57. The van der Waals surface area contributed by atoms with E-state index >= 15 is 0 Å². The lowest BCUT2D eigenvalue weighted by Crippen LogP contribution is -2.25. The van der Waals surface area contributed by atoms with Crippen LogP contribution in [0.3, 0.4) is 0 Å². The molecule has 0 saturated carbocycles. The van der Waals surface area contributed by atoms with Crippen molar-refractivity contribution in [3.05, 3.63) is 23.8 Å². The summed E-state index contributed by atoms with van der Waals surface area (Å²) in [6, 6.07) is 5.73. The van der Waals surface area contributed by atoms with Crippen LogP contribution in [-0.2, 0) is 0 Å². The Morgan fingerprint density at radius 2 is 1.70 bits per heavy atom. The molecule has 0 aliphatic heterocycles. The van der Waals surface area contributed by atoms with Crippen molar-refractivity contribution in [2.24, 2.45) is 0 Å². The largest absolute Gasteiger partial charge is 0.414 e. The number of hydrogen-bond donors (Lipinski definition) is 0. The van der Waals surface area contributed by atoms with Gasteiger partial charge in [0, 0.05) is 33.9 Å². The first-order chi connectivity index (χ1) is 9.32. The normalized spacial score (nSPS) is 9.65. The van der Waals surface area contributed by atoms with E-state index in [0.29, 0.717) is 11.7 Å². The maximum Gasteiger partial charge on any atom is 0.414 e. The number of anilines is 1. The smallest absolute Gasteiger partial charge is 0.410 e. The van der Waals surface area contributed by atoms with Crippen LogP contribution in [0, 0.1) is 0 Å². The molecule has 1 rings (SSSR count). The molecule has 0 radical (unpaired) electrons. The van der Waals surface area contributed by atoms with Crippen molar-refractivity contribution < 1.29 is 9.53 Å². The van der Waals surface area contributed by atoms with Crippen molar-refractivity contribution in [3.8, 4) is 5.75 Å². The topological polar surface area (TPSA) is 32.8 Å². The van der Waals surface area contributed by atoms with Crippen molar-refractivity contribution in [1.29, 1.82) is 0 Å². The van der Waals surface area contributed by atoms with E-state index < -0.39 is 0 Å². The van der Waals surface area contributed by atoms with Crippen molar-refractivity contribution in [2.75, 3.05) is 38.0 Å². The van der Waals surface area contributed by atoms with Crippen LogP contribution in [-0.4, -0.2) is 44.1 Å². The van der Waals surface area contributed by atoms with E-state index in [1.807, 2.05) is 37.2 Å². The van der Waals surface area contributed by atoms with Gasteiger partial charge in [0.25, 0.3) is 0 Å². The molecule has 4 nitrogen and oxygen atoms in total. The number of carbonyl (C=O) groups is 1. The van der Waals surface area contributed by atoms with E-state index in [9.17, 15) is 4.79 Å². The summed E-state index contributed by atoms with van der Waals surface area (Å²) in [5.41, 5.74) is 2.32. The Hall–Kier alpha value is -0.980. The molecule has 0 saturated heterocycles. The van der Waals surface area contributed by atoms with Crippen molar-refractivity contribution in [2.45, 2.75) is 19.8 Å². The number of nitrogens with zero attached hydrogens (tertiary/aromatic N) is 2. The number of benzene rings is 1. The van der Waals surface area contributed by atoms with Gasteiger partial charge in [-0.3, -0.25) is 0 Å². The summed E-state index contributed by atoms with van der Waals surface area (Å²) in [6.45, 7) is 4.25. The molecule has 1 amide bonds. The maximum absolute atomic E-state index is 11.5. The maximum atomic E-state index is 11.5. The van der Waals surface area contributed by atoms with E-state index in [1.165, 1.54) is 10.5 Å². The van der Waals surface area contributed by atoms with E-state index in [4.69, 9.17) is 4.74 Å². The molecular formula is C15H25IN2O2. The zero-order valence-corrected chi connectivity index (χ0v) is 15.6. The third-order valence-electron chi connectivity index (χ3n) is 2.67. The predicted octanol–water partition coefficient (Wildman–Crippen LogP) is 3.99. The molecule has 1 aromatic rings. The van der Waals surface area contributed by atoms with Gasteiger partial charge >= 0.3 is 6.09 Å². The van der Waals surface area contributed by atoms with E-state index in [1.54, 1.807) is 14.1 Å². The van der Waals surface area contributed by atoms with Gasteiger partial charge in [0.15, 0.2) is 0 Å². The molecule has 0 bridgehead atoms. The van der Waals surface area contributed by atoms with Gasteiger partial charge in [-0.2, -0.15) is 0 Å². The Morgan fingerprint density at radius 3 is 2.10 bits per heavy atom. The Kier molecular flexibility index (Phi) is 8.60. The molecule has 0 atom stereocenters. The van der Waals surface area contributed by atoms with Crippen LogP contribution in [0.4, 0.5) is 10.5 Å². The Morgan fingerprint density at radius 1 is 1.15 bits per heavy atom. The number of rotatable bonds is 3. The summed E-state index contributed by atoms with van der Waals surface area (Å²) in [5.74, 6) is 0.961. The molecule has 1 aromatic carbocycles. The van der Waals surface area contributed by atoms with Crippen LogP contribution in [0.25, 0.3) is 0 Å². The second-order valence-corrected chi connectivity index (χ2v) is 5.03. The molecule has 0 fully saturated rings. The lowest BCUT2D eigenvalue weighted by molar-refractivity contribution is 0.172. The number of hydrogen-bond acceptors (Lipinski definition) is 3. The van der Waals surface area contributed by atoms with Gasteiger partial charge in [-0.05, 0) is 34.6 Å². The number of halogens is 1. The molecule has 0 aliphatic carbocycles. The Balaban J connectivity index is 0.00000172. The van der Waals surface area contributed by atoms with E-state index in [0.717, 1.165) is 5.69 Å². The van der Waals surface area contributed by atoms with Crippen LogP contribution in [0.5, 0.6) is 5.75 Å². The van der Waals surface area contributed by atoms with Gasteiger partial charge in [0.1, 0.15) is 5.75 Å². The van der Waals surface area contributed by atoms with Crippen molar-refractivity contribution in [3.63, 3.8) is 0 Å². The summed E-state index contributed by atoms with van der Waals surface area (Å²) in [6.07, 6.45) is -0.359. The zero-order valence-electron chi connectivity index (χ0n) is 13.4. The van der Waals surface area contributed by atoms with Crippen LogP contribution >= 0.6 is 22.6 Å². The van der Waals surface area contributed by atoms with E-state index in [2.05, 4.69) is 41.3 Å². The quantitative estimate of drug-likeness (QED) is 0.576. The first-order valence-electron chi connectivity index (χ1n) is 6.41. The molecule has 0 unspecified atom stereocenters. The molecular weight excluding hydrogens is 367 g/mol. The molecule has 0 heterocycles. The summed E-state index contributed by atoms with van der Waals surface area (Å²) in [5, 5.41) is 0. The minimum Gasteiger partial charge on any atom is -0.410 e. The molecule has 20 heavy (non-hydrogen) atoms. The molecule has 0 N–H and O–H groups in total. The number of ether oxygens (including phenoxy) is 1. The molecule has 5 heteroatoms. The highest BCUT2D eigenvalue weighted by atomic mass is 127. The standard InChI is InChI=1S/C14H22N2O2.CH3I/c1-10(2)12-9-11(18-14(17)16(5)6)7-8-13(12)15(3)4;1-2/h7-10H,1-6H3;1H3. The monoisotopic (exact) mass is 392 g/mol. The van der Waals surface area contributed by atoms with Crippen LogP contribution in [0.1, 0.15) is 25.3 Å². The lowest BCUT2D eigenvalue weighted by atomic mass is 10.0. The van der Waals surface area contributed by atoms with Gasteiger partial charge in [0.2, 0.25) is 0 Å². The van der Waals surface area contributed by atoms with Crippen LogP contribution < -0.4 is 9.64 Å². The van der Waals surface area contributed by atoms with Gasteiger partial charge < -0.3 is 14.5 Å². The van der Waals surface area contributed by atoms with Crippen molar-refractivity contribution >= 4 is 34.4 Å². The Bertz CT molecular complexity index is 432. The fourth-order valence-electron chi connectivity index (χ4n) is 1.66. The van der Waals surface area contributed by atoms with Crippen molar-refractivity contribution in [1.82, 2.24) is 4.90 Å². The summed E-state index contributed by atoms with van der Waals surface area (Å²) >= 11 is 2.15. The van der Waals surface area contributed by atoms with Gasteiger partial charge in [-0.25, -0.2) is 4.79 Å². The SMILES string of the molecule is CC(C)c1cc(OC(=O)N(C)C)ccc1N(C)C.CI. The predicted molar refractivity (Wildman–Crippen MR) is 94.5 cm³/mol. The molecule has 0 spiro atoms. The van der Waals surface area contributed by atoms with E-state index in [-0.39, 0.29) is 6.09 Å². The molecule has 0 aliphatic rings. The lowest BCUT2D eigenvalue weighted by Gasteiger charge is -2.21. The third kappa shape index (κ3) is 5.56. The minimum atomic E-state index is -0.359.